The molecule has 0 radical (unpaired) electrons. The number of nitrogens with zero attached hydrogens (tertiary/aromatic N) is 5. The average molecular weight is 352 g/mol. The molecule has 1 fully saturated rings. The second kappa shape index (κ2) is 5.64. The van der Waals surface area contributed by atoms with Gasteiger partial charge in [0.05, 0.1) is 11.9 Å². The van der Waals surface area contributed by atoms with Crippen molar-refractivity contribution in [2.24, 2.45) is 0 Å². The van der Waals surface area contributed by atoms with Gasteiger partial charge in [-0.15, -0.1) is 11.3 Å². The smallest absolute Gasteiger partial charge is 0.194 e. The molecule has 4 aromatic rings. The molecular weight excluding hydrogens is 332 g/mol. The Hall–Kier alpha value is -2.25. The van der Waals surface area contributed by atoms with Crippen molar-refractivity contribution in [1.82, 2.24) is 29.3 Å². The van der Waals surface area contributed by atoms with Crippen molar-refractivity contribution in [3.8, 4) is 11.4 Å². The first-order chi connectivity index (χ1) is 12.2. The number of piperidine rings is 1. The molecule has 1 aliphatic heterocycles. The molecule has 0 bridgehead atoms. The monoisotopic (exact) mass is 352 g/mol. The highest BCUT2D eigenvalue weighted by Crippen LogP contribution is 2.32. The van der Waals surface area contributed by atoms with Crippen LogP contribution in [-0.4, -0.2) is 37.1 Å². The van der Waals surface area contributed by atoms with E-state index in [1.165, 1.54) is 17.7 Å². The van der Waals surface area contributed by atoms with E-state index in [1.807, 2.05) is 29.0 Å². The molecule has 25 heavy (non-hydrogen) atoms. The van der Waals surface area contributed by atoms with Gasteiger partial charge in [0.2, 0.25) is 0 Å². The molecule has 5 rings (SSSR count). The predicted molar refractivity (Wildman–Crippen MR) is 99.4 cm³/mol. The maximum Gasteiger partial charge on any atom is 0.194 e. The number of hydrogen-bond acceptors (Lipinski definition) is 5. The third-order valence-electron chi connectivity index (χ3n) is 4.91. The standard InChI is InChI=1S/C18H20N6S/c1-11-7-14(22-24-8-12(2)20-17(11)24)15-9-23-10-16(25-18(23)21-15)13-3-5-19-6-4-13/h7-10,13,19H,3-6H2,1-2H3. The molecule has 0 amide bonds. The Bertz CT molecular complexity index is 1030. The van der Waals surface area contributed by atoms with Crippen LogP contribution in [0.2, 0.25) is 0 Å². The lowest BCUT2D eigenvalue weighted by molar-refractivity contribution is 0.464. The quantitative estimate of drug-likeness (QED) is 0.602. The Morgan fingerprint density at radius 1 is 1.08 bits per heavy atom. The first-order valence-electron chi connectivity index (χ1n) is 8.70. The number of rotatable bonds is 2. The Morgan fingerprint density at radius 3 is 2.72 bits per heavy atom. The van der Waals surface area contributed by atoms with Gasteiger partial charge in [-0.2, -0.15) is 5.10 Å². The van der Waals surface area contributed by atoms with Gasteiger partial charge >= 0.3 is 0 Å². The van der Waals surface area contributed by atoms with Crippen LogP contribution in [0.4, 0.5) is 0 Å². The number of aryl methyl sites for hydroxylation is 2. The van der Waals surface area contributed by atoms with E-state index in [4.69, 9.17) is 4.98 Å². The zero-order chi connectivity index (χ0) is 17.0. The van der Waals surface area contributed by atoms with E-state index in [0.717, 1.165) is 46.3 Å². The molecule has 7 heteroatoms. The average Bonchev–Trinajstić information content (AvgIpc) is 3.27. The lowest BCUT2D eigenvalue weighted by atomic mass is 9.97. The molecule has 0 unspecified atom stereocenters. The van der Waals surface area contributed by atoms with Crippen molar-refractivity contribution >= 4 is 21.9 Å². The van der Waals surface area contributed by atoms with Gasteiger partial charge in [0, 0.05) is 17.3 Å². The number of nitrogens with one attached hydrogen (secondary N) is 1. The largest absolute Gasteiger partial charge is 0.317 e. The summed E-state index contributed by atoms with van der Waals surface area (Å²) in [5, 5.41) is 8.12. The minimum Gasteiger partial charge on any atom is -0.317 e. The molecule has 1 saturated heterocycles. The van der Waals surface area contributed by atoms with Gasteiger partial charge < -0.3 is 5.32 Å². The Kier molecular flexibility index (Phi) is 3.39. The SMILES string of the molecule is Cc1cn2nc(-c3cn4cc(C5CCNCC5)sc4n3)cc(C)c2n1. The minimum absolute atomic E-state index is 0.669. The lowest BCUT2D eigenvalue weighted by Crippen LogP contribution is -2.26. The molecule has 128 valence electrons. The van der Waals surface area contributed by atoms with Crippen LogP contribution in [0.15, 0.2) is 24.7 Å². The highest BCUT2D eigenvalue weighted by Gasteiger charge is 2.19. The fraction of sp³-hybridized carbons (Fsp3) is 0.389. The van der Waals surface area contributed by atoms with Gasteiger partial charge in [0.15, 0.2) is 10.6 Å². The van der Waals surface area contributed by atoms with E-state index in [2.05, 4.69) is 45.2 Å². The molecule has 1 N–H and O–H groups in total. The Balaban J connectivity index is 1.53. The van der Waals surface area contributed by atoms with Crippen molar-refractivity contribution < 1.29 is 0 Å². The zero-order valence-corrected chi connectivity index (χ0v) is 15.2. The van der Waals surface area contributed by atoms with Crippen molar-refractivity contribution in [2.45, 2.75) is 32.6 Å². The molecule has 0 saturated carbocycles. The molecule has 0 aromatic carbocycles. The van der Waals surface area contributed by atoms with Gasteiger partial charge in [0.25, 0.3) is 0 Å². The molecule has 5 heterocycles. The maximum absolute atomic E-state index is 4.82. The minimum atomic E-state index is 0.669. The van der Waals surface area contributed by atoms with E-state index in [1.54, 1.807) is 0 Å². The summed E-state index contributed by atoms with van der Waals surface area (Å²) in [7, 11) is 0. The normalized spacial score (nSPS) is 16.2. The van der Waals surface area contributed by atoms with Crippen molar-refractivity contribution in [2.75, 3.05) is 13.1 Å². The Labute approximate surface area is 149 Å². The summed E-state index contributed by atoms with van der Waals surface area (Å²) in [4.78, 5) is 11.8. The number of hydrogen-bond donors (Lipinski definition) is 1. The predicted octanol–water partition coefficient (Wildman–Crippen LogP) is 3.19. The second-order valence-electron chi connectivity index (χ2n) is 6.84. The van der Waals surface area contributed by atoms with Crippen LogP contribution in [0, 0.1) is 13.8 Å². The van der Waals surface area contributed by atoms with Gasteiger partial charge in [-0.3, -0.25) is 4.40 Å². The molecule has 1 aliphatic rings. The summed E-state index contributed by atoms with van der Waals surface area (Å²) in [6.45, 7) is 6.29. The van der Waals surface area contributed by atoms with Gasteiger partial charge in [0.1, 0.15) is 11.4 Å². The van der Waals surface area contributed by atoms with Crippen LogP contribution in [0.5, 0.6) is 0 Å². The fourth-order valence-corrected chi connectivity index (χ4v) is 4.74. The van der Waals surface area contributed by atoms with Crippen LogP contribution in [0.25, 0.3) is 22.0 Å². The summed E-state index contributed by atoms with van der Waals surface area (Å²) in [6.07, 6.45) is 8.73. The zero-order valence-electron chi connectivity index (χ0n) is 14.4. The highest BCUT2D eigenvalue weighted by atomic mass is 32.1. The first kappa shape index (κ1) is 15.0. The topological polar surface area (TPSA) is 59.5 Å². The van der Waals surface area contributed by atoms with E-state index >= 15 is 0 Å². The summed E-state index contributed by atoms with van der Waals surface area (Å²) in [5.74, 6) is 0.669. The summed E-state index contributed by atoms with van der Waals surface area (Å²) >= 11 is 1.81. The van der Waals surface area contributed by atoms with E-state index in [0.29, 0.717) is 5.92 Å². The fourth-order valence-electron chi connectivity index (χ4n) is 3.60. The van der Waals surface area contributed by atoms with E-state index in [-0.39, 0.29) is 0 Å². The van der Waals surface area contributed by atoms with Gasteiger partial charge in [-0.1, -0.05) is 0 Å². The van der Waals surface area contributed by atoms with Crippen LogP contribution in [0.3, 0.4) is 0 Å². The van der Waals surface area contributed by atoms with Crippen molar-refractivity contribution in [3.05, 3.63) is 40.8 Å². The number of fused-ring (bicyclic) bond motifs is 2. The van der Waals surface area contributed by atoms with Crippen LogP contribution >= 0.6 is 11.3 Å². The van der Waals surface area contributed by atoms with Gasteiger partial charge in [-0.25, -0.2) is 14.5 Å². The third kappa shape index (κ3) is 2.54. The van der Waals surface area contributed by atoms with Crippen LogP contribution < -0.4 is 5.32 Å². The van der Waals surface area contributed by atoms with Crippen LogP contribution in [0.1, 0.15) is 34.9 Å². The third-order valence-corrected chi connectivity index (χ3v) is 6.07. The summed E-state index contributed by atoms with van der Waals surface area (Å²) in [5.41, 5.74) is 4.81. The molecular formula is C18H20N6S. The van der Waals surface area contributed by atoms with Crippen molar-refractivity contribution in [3.63, 3.8) is 0 Å². The molecule has 0 spiro atoms. The number of thiazole rings is 1. The number of aromatic nitrogens is 5. The van der Waals surface area contributed by atoms with Crippen molar-refractivity contribution in [1.29, 1.82) is 0 Å². The summed E-state index contributed by atoms with van der Waals surface area (Å²) in [6, 6.07) is 2.07. The lowest BCUT2D eigenvalue weighted by Gasteiger charge is -2.20. The molecule has 6 nitrogen and oxygen atoms in total. The molecule has 0 aliphatic carbocycles. The van der Waals surface area contributed by atoms with E-state index < -0.39 is 0 Å². The first-order valence-corrected chi connectivity index (χ1v) is 9.52. The second-order valence-corrected chi connectivity index (χ2v) is 7.88. The highest BCUT2D eigenvalue weighted by molar-refractivity contribution is 7.17. The maximum atomic E-state index is 4.82. The van der Waals surface area contributed by atoms with E-state index in [9.17, 15) is 0 Å². The number of imidazole rings is 2. The molecule has 0 atom stereocenters. The van der Waals surface area contributed by atoms with Gasteiger partial charge in [-0.05, 0) is 57.3 Å². The van der Waals surface area contributed by atoms with Crippen LogP contribution in [-0.2, 0) is 0 Å². The summed E-state index contributed by atoms with van der Waals surface area (Å²) < 4.78 is 4.01. The molecule has 4 aromatic heterocycles. The Morgan fingerprint density at radius 2 is 1.92 bits per heavy atom.